The lowest BCUT2D eigenvalue weighted by Crippen LogP contribution is -2.10. The summed E-state index contributed by atoms with van der Waals surface area (Å²) in [5.41, 5.74) is 8.38. The molecule has 1 aromatic heterocycles. The molecule has 0 unspecified atom stereocenters. The number of fused-ring (bicyclic) bond motifs is 4. The number of rotatable bonds is 5. The molecule has 7 aromatic carbocycles. The molecule has 8 rings (SSSR count). The second-order valence-corrected chi connectivity index (χ2v) is 11.7. The Morgan fingerprint density at radius 2 is 0.952 bits per heavy atom. The molecule has 8 aromatic rings. The topological polar surface area (TPSA) is 3.24 Å². The SMILES string of the molecule is c1ccc(-c2cccc(-c3ccc(N(c4ccccc4)c4c5ccccc5cc5sc6ccccc6c45)cc3)c2)cc1. The fraction of sp³-hybridized carbons (Fsp3) is 0. The van der Waals surface area contributed by atoms with Crippen LogP contribution in [-0.2, 0) is 0 Å². The van der Waals surface area contributed by atoms with Gasteiger partial charge in [0.05, 0.1) is 5.69 Å². The fourth-order valence-corrected chi connectivity index (χ4v) is 7.21. The zero-order chi connectivity index (χ0) is 27.9. The predicted molar refractivity (Wildman–Crippen MR) is 182 cm³/mol. The van der Waals surface area contributed by atoms with Crippen LogP contribution in [0.1, 0.15) is 0 Å². The van der Waals surface area contributed by atoms with Crippen LogP contribution in [0, 0.1) is 0 Å². The number of anilines is 3. The third-order valence-electron chi connectivity index (χ3n) is 8.03. The van der Waals surface area contributed by atoms with Crippen LogP contribution in [0.5, 0.6) is 0 Å². The smallest absolute Gasteiger partial charge is 0.0633 e. The lowest BCUT2D eigenvalue weighted by molar-refractivity contribution is 1.31. The van der Waals surface area contributed by atoms with Crippen LogP contribution >= 0.6 is 11.3 Å². The molecule has 0 saturated carbocycles. The summed E-state index contributed by atoms with van der Waals surface area (Å²) < 4.78 is 2.62. The third kappa shape index (κ3) is 4.25. The molecule has 198 valence electrons. The molecule has 0 amide bonds. The van der Waals surface area contributed by atoms with E-state index in [-0.39, 0.29) is 0 Å². The summed E-state index contributed by atoms with van der Waals surface area (Å²) in [5, 5.41) is 5.10. The van der Waals surface area contributed by atoms with E-state index in [1.807, 2.05) is 11.3 Å². The van der Waals surface area contributed by atoms with E-state index in [0.717, 1.165) is 11.4 Å². The van der Waals surface area contributed by atoms with E-state index in [9.17, 15) is 0 Å². The van der Waals surface area contributed by atoms with Gasteiger partial charge in [-0.3, -0.25) is 0 Å². The highest BCUT2D eigenvalue weighted by atomic mass is 32.1. The quantitative estimate of drug-likeness (QED) is 0.205. The summed E-state index contributed by atoms with van der Waals surface area (Å²) in [7, 11) is 0. The van der Waals surface area contributed by atoms with E-state index in [4.69, 9.17) is 0 Å². The van der Waals surface area contributed by atoms with Gasteiger partial charge >= 0.3 is 0 Å². The molecule has 0 fully saturated rings. The van der Waals surface area contributed by atoms with E-state index in [1.165, 1.54) is 58.9 Å². The first kappa shape index (κ1) is 24.6. The average molecular weight is 554 g/mol. The summed E-state index contributed by atoms with van der Waals surface area (Å²) in [6, 6.07) is 59.1. The molecule has 2 heteroatoms. The molecule has 1 heterocycles. The number of benzene rings is 7. The van der Waals surface area contributed by atoms with Crippen LogP contribution in [0.3, 0.4) is 0 Å². The maximum absolute atomic E-state index is 2.44. The molecule has 0 saturated heterocycles. The first-order valence-electron chi connectivity index (χ1n) is 14.3. The molecular weight excluding hydrogens is 527 g/mol. The molecule has 0 aliphatic carbocycles. The first-order chi connectivity index (χ1) is 20.8. The summed E-state index contributed by atoms with van der Waals surface area (Å²) in [6.07, 6.45) is 0. The molecule has 0 bridgehead atoms. The van der Waals surface area contributed by atoms with Crippen LogP contribution in [-0.4, -0.2) is 0 Å². The number of para-hydroxylation sites is 1. The van der Waals surface area contributed by atoms with Crippen molar-refractivity contribution in [3.8, 4) is 22.3 Å². The summed E-state index contributed by atoms with van der Waals surface area (Å²) in [6.45, 7) is 0. The van der Waals surface area contributed by atoms with E-state index in [1.54, 1.807) is 0 Å². The minimum atomic E-state index is 1.14. The molecule has 1 nitrogen and oxygen atoms in total. The van der Waals surface area contributed by atoms with Crippen molar-refractivity contribution in [2.45, 2.75) is 0 Å². The van der Waals surface area contributed by atoms with Crippen molar-refractivity contribution < 1.29 is 0 Å². The third-order valence-corrected chi connectivity index (χ3v) is 9.15. The standard InChI is InChI=1S/C40H27NS/c1-3-12-28(13-4-1)30-15-11-16-31(26-30)29-22-24-34(25-23-29)41(33-17-5-2-6-18-33)40-35-19-8-7-14-32(35)27-38-39(40)36-20-9-10-21-37(36)42-38/h1-27H. The highest BCUT2D eigenvalue weighted by Crippen LogP contribution is 2.48. The van der Waals surface area contributed by atoms with Gasteiger partial charge in [-0.15, -0.1) is 11.3 Å². The van der Waals surface area contributed by atoms with Crippen LogP contribution in [0.25, 0.3) is 53.2 Å². The predicted octanol–water partition coefficient (Wildman–Crippen LogP) is 12.0. The van der Waals surface area contributed by atoms with Crippen LogP contribution in [0.15, 0.2) is 164 Å². The van der Waals surface area contributed by atoms with E-state index in [0.29, 0.717) is 0 Å². The van der Waals surface area contributed by atoms with E-state index < -0.39 is 0 Å². The monoisotopic (exact) mass is 553 g/mol. The molecule has 0 aliphatic heterocycles. The van der Waals surface area contributed by atoms with Crippen LogP contribution in [0.4, 0.5) is 17.1 Å². The second-order valence-electron chi connectivity index (χ2n) is 10.6. The second kappa shape index (κ2) is 10.3. The first-order valence-corrected chi connectivity index (χ1v) is 15.1. The molecule has 42 heavy (non-hydrogen) atoms. The van der Waals surface area contributed by atoms with Gasteiger partial charge in [0, 0.05) is 36.9 Å². The van der Waals surface area contributed by atoms with Crippen molar-refractivity contribution in [1.82, 2.24) is 0 Å². The maximum Gasteiger partial charge on any atom is 0.0633 e. The Hall–Kier alpha value is -5.18. The van der Waals surface area contributed by atoms with E-state index >= 15 is 0 Å². The molecule has 0 aliphatic rings. The Kier molecular flexibility index (Phi) is 6.05. The van der Waals surface area contributed by atoms with Crippen molar-refractivity contribution in [2.24, 2.45) is 0 Å². The van der Waals surface area contributed by atoms with Gasteiger partial charge in [0.15, 0.2) is 0 Å². The Labute approximate surface area is 249 Å². The Morgan fingerprint density at radius 3 is 1.71 bits per heavy atom. The van der Waals surface area contributed by atoms with Crippen molar-refractivity contribution in [2.75, 3.05) is 4.90 Å². The summed E-state index contributed by atoms with van der Waals surface area (Å²) >= 11 is 1.87. The number of thiophene rings is 1. The lowest BCUT2D eigenvalue weighted by atomic mass is 9.98. The highest BCUT2D eigenvalue weighted by molar-refractivity contribution is 7.26. The summed E-state index contributed by atoms with van der Waals surface area (Å²) in [5.74, 6) is 0. The molecule has 0 radical (unpaired) electrons. The Morgan fingerprint density at radius 1 is 0.381 bits per heavy atom. The normalized spacial score (nSPS) is 11.3. The van der Waals surface area contributed by atoms with Gasteiger partial charge in [0.25, 0.3) is 0 Å². The zero-order valence-corrected chi connectivity index (χ0v) is 23.8. The molecule has 0 N–H and O–H groups in total. The minimum Gasteiger partial charge on any atom is -0.309 e. The van der Waals surface area contributed by atoms with Crippen molar-refractivity contribution in [1.29, 1.82) is 0 Å². The van der Waals surface area contributed by atoms with E-state index in [2.05, 4.69) is 169 Å². The highest BCUT2D eigenvalue weighted by Gasteiger charge is 2.21. The van der Waals surface area contributed by atoms with Gasteiger partial charge in [0.1, 0.15) is 0 Å². The van der Waals surface area contributed by atoms with Gasteiger partial charge in [-0.2, -0.15) is 0 Å². The maximum atomic E-state index is 2.44. The van der Waals surface area contributed by atoms with Crippen LogP contribution < -0.4 is 4.90 Å². The Bertz CT molecular complexity index is 2180. The number of hydrogen-bond acceptors (Lipinski definition) is 2. The lowest BCUT2D eigenvalue weighted by Gasteiger charge is -2.28. The van der Waals surface area contributed by atoms with Gasteiger partial charge < -0.3 is 4.90 Å². The van der Waals surface area contributed by atoms with Gasteiger partial charge in [-0.05, 0) is 70.1 Å². The van der Waals surface area contributed by atoms with Gasteiger partial charge in [0.2, 0.25) is 0 Å². The molecule has 0 atom stereocenters. The minimum absolute atomic E-state index is 1.14. The van der Waals surface area contributed by atoms with Crippen molar-refractivity contribution in [3.05, 3.63) is 164 Å². The zero-order valence-electron chi connectivity index (χ0n) is 22.9. The number of hydrogen-bond donors (Lipinski definition) is 0. The fourth-order valence-electron chi connectivity index (χ4n) is 6.05. The molecule has 0 spiro atoms. The molecular formula is C40H27NS. The van der Waals surface area contributed by atoms with Crippen molar-refractivity contribution >= 4 is 59.3 Å². The van der Waals surface area contributed by atoms with Gasteiger partial charge in [-0.1, -0.05) is 121 Å². The van der Waals surface area contributed by atoms with Crippen molar-refractivity contribution in [3.63, 3.8) is 0 Å². The summed E-state index contributed by atoms with van der Waals surface area (Å²) in [4.78, 5) is 2.44. The number of nitrogens with zero attached hydrogens (tertiary/aromatic N) is 1. The average Bonchev–Trinajstić information content (AvgIpc) is 3.44. The Balaban J connectivity index is 1.33. The van der Waals surface area contributed by atoms with Gasteiger partial charge in [-0.25, -0.2) is 0 Å². The van der Waals surface area contributed by atoms with Crippen LogP contribution in [0.2, 0.25) is 0 Å². The largest absolute Gasteiger partial charge is 0.309 e.